The first-order valence-corrected chi connectivity index (χ1v) is 11.9. The van der Waals surface area contributed by atoms with Gasteiger partial charge in [-0.15, -0.1) is 0 Å². The molecule has 3 heterocycles. The first kappa shape index (κ1) is 23.0. The molecule has 2 aromatic heterocycles. The van der Waals surface area contributed by atoms with Crippen LogP contribution in [0.4, 0.5) is 5.82 Å². The first-order valence-electron chi connectivity index (χ1n) is 11.9. The van der Waals surface area contributed by atoms with Crippen molar-refractivity contribution in [1.82, 2.24) is 19.8 Å². The topological polar surface area (TPSA) is 94.7 Å². The Labute approximate surface area is 204 Å². The van der Waals surface area contributed by atoms with Gasteiger partial charge in [-0.3, -0.25) is 4.79 Å². The van der Waals surface area contributed by atoms with Crippen molar-refractivity contribution in [2.24, 2.45) is 0 Å². The lowest BCUT2D eigenvalue weighted by atomic mass is 10.1. The highest BCUT2D eigenvalue weighted by atomic mass is 16.3. The van der Waals surface area contributed by atoms with Gasteiger partial charge < -0.3 is 24.6 Å². The number of carbonyl (C=O) groups excluding carboxylic acids is 1. The lowest BCUT2D eigenvalue weighted by Gasteiger charge is -2.34. The number of hydrogen-bond acceptors (Lipinski definition) is 7. The molecule has 1 aliphatic rings. The second-order valence-corrected chi connectivity index (χ2v) is 8.64. The molecule has 0 aliphatic carbocycles. The Hall–Kier alpha value is -3.75. The van der Waals surface area contributed by atoms with E-state index in [1.807, 2.05) is 65.6 Å². The van der Waals surface area contributed by atoms with Crippen molar-refractivity contribution >= 4 is 22.8 Å². The largest absolute Gasteiger partial charge is 0.450 e. The van der Waals surface area contributed by atoms with E-state index >= 15 is 0 Å². The molecule has 8 heteroatoms. The van der Waals surface area contributed by atoms with Gasteiger partial charge in [0.25, 0.3) is 5.91 Å². The Bertz CT molecular complexity index is 1280. The lowest BCUT2D eigenvalue weighted by Crippen LogP contribution is -2.48. The lowest BCUT2D eigenvalue weighted by molar-refractivity contribution is 0.0643. The Kier molecular flexibility index (Phi) is 6.74. The van der Waals surface area contributed by atoms with Gasteiger partial charge in [0.2, 0.25) is 0 Å². The molecule has 0 radical (unpaired) electrons. The molecule has 8 nitrogen and oxygen atoms in total. The quantitative estimate of drug-likeness (QED) is 0.423. The van der Waals surface area contributed by atoms with E-state index in [1.165, 1.54) is 6.33 Å². The van der Waals surface area contributed by atoms with Crippen LogP contribution >= 0.6 is 0 Å². The maximum atomic E-state index is 12.9. The van der Waals surface area contributed by atoms with Gasteiger partial charge in [0.05, 0.1) is 12.6 Å². The van der Waals surface area contributed by atoms with Crippen LogP contribution < -0.4 is 5.32 Å². The number of benzene rings is 2. The standard InChI is InChI=1S/C27H29N5O3/c1-2-31-12-14-32(15-13-31)27(34)21-10-8-20(9-11-21)24-16-22-25(35-24)26(29-18-28-22)30-23(17-33)19-6-4-3-5-7-19/h3-11,16,18,23,33H,2,12-15,17H2,1H3,(H,28,29,30). The summed E-state index contributed by atoms with van der Waals surface area (Å²) >= 11 is 0. The summed E-state index contributed by atoms with van der Waals surface area (Å²) in [5.41, 5.74) is 3.65. The summed E-state index contributed by atoms with van der Waals surface area (Å²) in [7, 11) is 0. The molecule has 5 rings (SSSR count). The number of nitrogens with one attached hydrogen (secondary N) is 1. The number of anilines is 1. The fourth-order valence-electron chi connectivity index (χ4n) is 4.41. The molecule has 4 aromatic rings. The van der Waals surface area contributed by atoms with Crippen LogP contribution in [-0.4, -0.2) is 70.1 Å². The van der Waals surface area contributed by atoms with Crippen molar-refractivity contribution in [2.45, 2.75) is 13.0 Å². The molecule has 1 aliphatic heterocycles. The van der Waals surface area contributed by atoms with E-state index in [0.717, 1.165) is 43.9 Å². The second-order valence-electron chi connectivity index (χ2n) is 8.64. The van der Waals surface area contributed by atoms with Crippen molar-refractivity contribution in [3.63, 3.8) is 0 Å². The average molecular weight is 472 g/mol. The predicted octanol–water partition coefficient (Wildman–Crippen LogP) is 3.81. The number of fused-ring (bicyclic) bond motifs is 1. The highest BCUT2D eigenvalue weighted by Gasteiger charge is 2.22. The summed E-state index contributed by atoms with van der Waals surface area (Å²) in [6.45, 7) is 6.41. The van der Waals surface area contributed by atoms with Gasteiger partial charge in [-0.05, 0) is 24.2 Å². The maximum absolute atomic E-state index is 12.9. The number of likely N-dealkylation sites (N-methyl/N-ethyl adjacent to an activating group) is 1. The summed E-state index contributed by atoms with van der Waals surface area (Å²) in [5, 5.41) is 13.2. The van der Waals surface area contributed by atoms with Gasteiger partial charge in [-0.1, -0.05) is 49.4 Å². The summed E-state index contributed by atoms with van der Waals surface area (Å²) in [4.78, 5) is 25.9. The molecule has 35 heavy (non-hydrogen) atoms. The number of rotatable bonds is 7. The van der Waals surface area contributed by atoms with Crippen LogP contribution in [0, 0.1) is 0 Å². The Morgan fingerprint density at radius 2 is 1.80 bits per heavy atom. The molecule has 2 aromatic carbocycles. The maximum Gasteiger partial charge on any atom is 0.253 e. The second kappa shape index (κ2) is 10.2. The fraction of sp³-hybridized carbons (Fsp3) is 0.296. The number of nitrogens with zero attached hydrogens (tertiary/aromatic N) is 4. The first-order chi connectivity index (χ1) is 17.2. The van der Waals surface area contributed by atoms with Crippen LogP contribution in [0.1, 0.15) is 28.9 Å². The molecule has 0 saturated carbocycles. The van der Waals surface area contributed by atoms with Crippen LogP contribution in [0.3, 0.4) is 0 Å². The minimum absolute atomic E-state index is 0.0604. The van der Waals surface area contributed by atoms with Gasteiger partial charge in [0.15, 0.2) is 11.4 Å². The van der Waals surface area contributed by atoms with Gasteiger partial charge in [-0.25, -0.2) is 9.97 Å². The monoisotopic (exact) mass is 471 g/mol. The zero-order valence-electron chi connectivity index (χ0n) is 19.7. The zero-order valence-corrected chi connectivity index (χ0v) is 19.7. The van der Waals surface area contributed by atoms with E-state index < -0.39 is 0 Å². The molecular formula is C27H29N5O3. The number of hydrogen-bond donors (Lipinski definition) is 2. The normalized spacial score (nSPS) is 15.3. The number of aliphatic hydroxyl groups excluding tert-OH is 1. The van der Waals surface area contributed by atoms with Crippen LogP contribution in [-0.2, 0) is 0 Å². The number of furan rings is 1. The van der Waals surface area contributed by atoms with Crippen LogP contribution in [0.5, 0.6) is 0 Å². The van der Waals surface area contributed by atoms with Crippen molar-refractivity contribution in [2.75, 3.05) is 44.6 Å². The zero-order chi connectivity index (χ0) is 24.2. The average Bonchev–Trinajstić information content (AvgIpc) is 3.37. The van der Waals surface area contributed by atoms with Crippen molar-refractivity contribution in [3.05, 3.63) is 78.1 Å². The molecule has 1 atom stereocenters. The third-order valence-corrected chi connectivity index (χ3v) is 6.53. The SMILES string of the molecule is CCN1CCN(C(=O)c2ccc(-c3cc4ncnc(NC(CO)c5ccccc5)c4o3)cc2)CC1. The highest BCUT2D eigenvalue weighted by molar-refractivity contribution is 5.95. The molecule has 1 unspecified atom stereocenters. The Morgan fingerprint density at radius 1 is 1.06 bits per heavy atom. The molecular weight excluding hydrogens is 442 g/mol. The fourth-order valence-corrected chi connectivity index (χ4v) is 4.41. The minimum atomic E-state index is -0.327. The van der Waals surface area contributed by atoms with Crippen molar-refractivity contribution < 1.29 is 14.3 Å². The van der Waals surface area contributed by atoms with E-state index in [1.54, 1.807) is 0 Å². The Morgan fingerprint density at radius 3 is 2.49 bits per heavy atom. The highest BCUT2D eigenvalue weighted by Crippen LogP contribution is 2.31. The number of piperazine rings is 1. The molecule has 1 fully saturated rings. The van der Waals surface area contributed by atoms with E-state index in [2.05, 4.69) is 27.1 Å². The van der Waals surface area contributed by atoms with E-state index in [0.29, 0.717) is 28.2 Å². The number of aliphatic hydroxyl groups is 1. The molecule has 0 bridgehead atoms. The van der Waals surface area contributed by atoms with Crippen molar-refractivity contribution in [1.29, 1.82) is 0 Å². The summed E-state index contributed by atoms with van der Waals surface area (Å²) in [6, 6.07) is 18.7. The predicted molar refractivity (Wildman–Crippen MR) is 135 cm³/mol. The van der Waals surface area contributed by atoms with Gasteiger partial charge in [0, 0.05) is 43.4 Å². The molecule has 2 N–H and O–H groups in total. The minimum Gasteiger partial charge on any atom is -0.450 e. The van der Waals surface area contributed by atoms with Crippen LogP contribution in [0.15, 0.2) is 71.4 Å². The number of amides is 1. The van der Waals surface area contributed by atoms with Gasteiger partial charge in [-0.2, -0.15) is 0 Å². The van der Waals surface area contributed by atoms with E-state index in [4.69, 9.17) is 4.42 Å². The van der Waals surface area contributed by atoms with Crippen LogP contribution in [0.25, 0.3) is 22.4 Å². The van der Waals surface area contributed by atoms with Crippen molar-refractivity contribution in [3.8, 4) is 11.3 Å². The molecule has 0 spiro atoms. The molecule has 1 saturated heterocycles. The third-order valence-electron chi connectivity index (χ3n) is 6.53. The van der Waals surface area contributed by atoms with Gasteiger partial charge >= 0.3 is 0 Å². The number of carbonyl (C=O) groups is 1. The molecule has 180 valence electrons. The molecule has 1 amide bonds. The van der Waals surface area contributed by atoms with Crippen LogP contribution in [0.2, 0.25) is 0 Å². The smallest absolute Gasteiger partial charge is 0.253 e. The van der Waals surface area contributed by atoms with E-state index in [9.17, 15) is 9.90 Å². The van der Waals surface area contributed by atoms with Gasteiger partial charge in [0.1, 0.15) is 17.6 Å². The number of aromatic nitrogens is 2. The van der Waals surface area contributed by atoms with E-state index in [-0.39, 0.29) is 18.6 Å². The summed E-state index contributed by atoms with van der Waals surface area (Å²) in [5.74, 6) is 1.21. The third kappa shape index (κ3) is 4.89. The summed E-state index contributed by atoms with van der Waals surface area (Å²) < 4.78 is 6.14. The Balaban J connectivity index is 1.35. The summed E-state index contributed by atoms with van der Waals surface area (Å²) in [6.07, 6.45) is 1.48.